The molecule has 1 N–H and O–H groups in total. The van der Waals surface area contributed by atoms with Crippen LogP contribution in [-0.4, -0.2) is 26.3 Å². The van der Waals surface area contributed by atoms with E-state index < -0.39 is 0 Å². The molecule has 0 heterocycles. The van der Waals surface area contributed by atoms with Crippen molar-refractivity contribution in [1.82, 2.24) is 5.32 Å². The molecule has 1 aliphatic rings. The predicted octanol–water partition coefficient (Wildman–Crippen LogP) is 3.22. The van der Waals surface area contributed by atoms with Crippen LogP contribution in [0.5, 0.6) is 0 Å². The predicted molar refractivity (Wildman–Crippen MR) is 69.7 cm³/mol. The summed E-state index contributed by atoms with van der Waals surface area (Å²) in [6.45, 7) is 9.17. The van der Waals surface area contributed by atoms with Gasteiger partial charge in [-0.15, -0.1) is 0 Å². The van der Waals surface area contributed by atoms with Crippen LogP contribution in [0.1, 0.15) is 52.9 Å². The van der Waals surface area contributed by atoms with Crippen molar-refractivity contribution in [1.29, 1.82) is 0 Å². The van der Waals surface area contributed by atoms with Crippen molar-refractivity contribution in [3.63, 3.8) is 0 Å². The standard InChI is InChI=1S/C14H29NO/c1-5-9-15-13-6-8-14(3,11-13)12(2)7-10-16-4/h12-13,15H,5-11H2,1-4H3. The van der Waals surface area contributed by atoms with Crippen molar-refractivity contribution in [3.8, 4) is 0 Å². The molecule has 16 heavy (non-hydrogen) atoms. The Kier molecular flexibility index (Phi) is 5.77. The largest absolute Gasteiger partial charge is 0.385 e. The second kappa shape index (κ2) is 6.61. The molecule has 2 heteroatoms. The SMILES string of the molecule is CCCNC1CCC(C)(C(C)CCOC)C1. The second-order valence-corrected chi connectivity index (χ2v) is 5.73. The summed E-state index contributed by atoms with van der Waals surface area (Å²) in [6, 6.07) is 0.759. The summed E-state index contributed by atoms with van der Waals surface area (Å²) < 4.78 is 5.19. The molecule has 0 spiro atoms. The quantitative estimate of drug-likeness (QED) is 0.721. The van der Waals surface area contributed by atoms with E-state index in [4.69, 9.17) is 4.74 Å². The van der Waals surface area contributed by atoms with Gasteiger partial charge in [-0.2, -0.15) is 0 Å². The summed E-state index contributed by atoms with van der Waals surface area (Å²) in [6.07, 6.45) is 6.52. The van der Waals surface area contributed by atoms with Crippen molar-refractivity contribution >= 4 is 0 Å². The molecule has 1 fully saturated rings. The van der Waals surface area contributed by atoms with E-state index in [1.54, 1.807) is 7.11 Å². The van der Waals surface area contributed by atoms with Crippen LogP contribution in [0.2, 0.25) is 0 Å². The van der Waals surface area contributed by atoms with Gasteiger partial charge in [0, 0.05) is 19.8 Å². The van der Waals surface area contributed by atoms with E-state index in [0.717, 1.165) is 18.6 Å². The highest BCUT2D eigenvalue weighted by Gasteiger charge is 2.38. The van der Waals surface area contributed by atoms with Crippen molar-refractivity contribution in [2.45, 2.75) is 58.9 Å². The van der Waals surface area contributed by atoms with E-state index in [2.05, 4.69) is 26.1 Å². The van der Waals surface area contributed by atoms with Gasteiger partial charge in [0.25, 0.3) is 0 Å². The summed E-state index contributed by atoms with van der Waals surface area (Å²) in [7, 11) is 1.80. The van der Waals surface area contributed by atoms with Crippen molar-refractivity contribution in [2.24, 2.45) is 11.3 Å². The van der Waals surface area contributed by atoms with Crippen LogP contribution in [0, 0.1) is 11.3 Å². The number of nitrogens with one attached hydrogen (secondary N) is 1. The lowest BCUT2D eigenvalue weighted by Gasteiger charge is -2.32. The summed E-state index contributed by atoms with van der Waals surface area (Å²) in [5, 5.41) is 3.67. The summed E-state index contributed by atoms with van der Waals surface area (Å²) >= 11 is 0. The van der Waals surface area contributed by atoms with Crippen LogP contribution in [0.15, 0.2) is 0 Å². The van der Waals surface area contributed by atoms with Gasteiger partial charge in [0.2, 0.25) is 0 Å². The zero-order chi connectivity index (χ0) is 12.0. The lowest BCUT2D eigenvalue weighted by atomic mass is 9.75. The number of hydrogen-bond acceptors (Lipinski definition) is 2. The Morgan fingerprint density at radius 1 is 1.50 bits per heavy atom. The van der Waals surface area contributed by atoms with Gasteiger partial charge >= 0.3 is 0 Å². The third kappa shape index (κ3) is 3.74. The highest BCUT2D eigenvalue weighted by atomic mass is 16.5. The molecule has 3 atom stereocenters. The highest BCUT2D eigenvalue weighted by molar-refractivity contribution is 4.92. The third-order valence-electron chi connectivity index (χ3n) is 4.40. The maximum absolute atomic E-state index is 5.19. The first kappa shape index (κ1) is 14.0. The average Bonchev–Trinajstić information content (AvgIpc) is 2.66. The van der Waals surface area contributed by atoms with Crippen LogP contribution in [-0.2, 0) is 4.74 Å². The van der Waals surface area contributed by atoms with Crippen LogP contribution in [0.4, 0.5) is 0 Å². The molecule has 0 aromatic carbocycles. The summed E-state index contributed by atoms with van der Waals surface area (Å²) in [4.78, 5) is 0. The van der Waals surface area contributed by atoms with E-state index in [0.29, 0.717) is 5.41 Å². The molecule has 0 radical (unpaired) electrons. The van der Waals surface area contributed by atoms with Crippen LogP contribution in [0.3, 0.4) is 0 Å². The number of hydrogen-bond donors (Lipinski definition) is 1. The highest BCUT2D eigenvalue weighted by Crippen LogP contribution is 2.45. The van der Waals surface area contributed by atoms with E-state index >= 15 is 0 Å². The maximum Gasteiger partial charge on any atom is 0.0465 e. The molecule has 0 amide bonds. The zero-order valence-electron chi connectivity index (χ0n) is 11.5. The van der Waals surface area contributed by atoms with E-state index in [9.17, 15) is 0 Å². The topological polar surface area (TPSA) is 21.3 Å². The minimum absolute atomic E-state index is 0.532. The minimum Gasteiger partial charge on any atom is -0.385 e. The molecule has 96 valence electrons. The fourth-order valence-corrected chi connectivity index (χ4v) is 2.88. The fraction of sp³-hybridized carbons (Fsp3) is 1.00. The van der Waals surface area contributed by atoms with Gasteiger partial charge < -0.3 is 10.1 Å². The normalized spacial score (nSPS) is 31.9. The van der Waals surface area contributed by atoms with Crippen LogP contribution < -0.4 is 5.32 Å². The Balaban J connectivity index is 2.35. The second-order valence-electron chi connectivity index (χ2n) is 5.73. The summed E-state index contributed by atoms with van der Waals surface area (Å²) in [5.41, 5.74) is 0.532. The lowest BCUT2D eigenvalue weighted by molar-refractivity contribution is 0.127. The molecule has 2 nitrogen and oxygen atoms in total. The Labute approximate surface area is 101 Å². The number of ether oxygens (including phenoxy) is 1. The van der Waals surface area contributed by atoms with Crippen molar-refractivity contribution in [2.75, 3.05) is 20.3 Å². The smallest absolute Gasteiger partial charge is 0.0465 e. The number of methoxy groups -OCH3 is 1. The molecule has 0 saturated heterocycles. The van der Waals surface area contributed by atoms with Gasteiger partial charge in [-0.05, 0) is 50.0 Å². The van der Waals surface area contributed by atoms with E-state index in [-0.39, 0.29) is 0 Å². The molecule has 1 saturated carbocycles. The summed E-state index contributed by atoms with van der Waals surface area (Å²) in [5.74, 6) is 0.779. The first-order chi connectivity index (χ1) is 7.62. The maximum atomic E-state index is 5.19. The molecule has 0 bridgehead atoms. The molecule has 1 aliphatic carbocycles. The van der Waals surface area contributed by atoms with Gasteiger partial charge in [0.1, 0.15) is 0 Å². The Hall–Kier alpha value is -0.0800. The molecular formula is C14H29NO. The molecule has 0 aromatic rings. The molecular weight excluding hydrogens is 198 g/mol. The Morgan fingerprint density at radius 2 is 2.25 bits per heavy atom. The van der Waals surface area contributed by atoms with Crippen molar-refractivity contribution < 1.29 is 4.74 Å². The fourth-order valence-electron chi connectivity index (χ4n) is 2.88. The van der Waals surface area contributed by atoms with Gasteiger partial charge in [-0.25, -0.2) is 0 Å². The first-order valence-electron chi connectivity index (χ1n) is 6.84. The van der Waals surface area contributed by atoms with E-state index in [1.165, 1.54) is 38.6 Å². The van der Waals surface area contributed by atoms with Crippen molar-refractivity contribution in [3.05, 3.63) is 0 Å². The lowest BCUT2D eigenvalue weighted by Crippen LogP contribution is -2.30. The van der Waals surface area contributed by atoms with Crippen LogP contribution >= 0.6 is 0 Å². The molecule has 0 aromatic heterocycles. The average molecular weight is 227 g/mol. The third-order valence-corrected chi connectivity index (χ3v) is 4.40. The van der Waals surface area contributed by atoms with Gasteiger partial charge in [0.15, 0.2) is 0 Å². The first-order valence-corrected chi connectivity index (χ1v) is 6.84. The van der Waals surface area contributed by atoms with Gasteiger partial charge in [-0.1, -0.05) is 20.8 Å². The Bertz CT molecular complexity index is 195. The van der Waals surface area contributed by atoms with E-state index in [1.807, 2.05) is 0 Å². The minimum atomic E-state index is 0.532. The van der Waals surface area contributed by atoms with Crippen LogP contribution in [0.25, 0.3) is 0 Å². The zero-order valence-corrected chi connectivity index (χ0v) is 11.5. The monoisotopic (exact) mass is 227 g/mol. The molecule has 0 aliphatic heterocycles. The van der Waals surface area contributed by atoms with Gasteiger partial charge in [0.05, 0.1) is 0 Å². The Morgan fingerprint density at radius 3 is 2.88 bits per heavy atom. The molecule has 3 unspecified atom stereocenters. The molecule has 1 rings (SSSR count). The number of rotatable bonds is 7. The van der Waals surface area contributed by atoms with Gasteiger partial charge in [-0.3, -0.25) is 0 Å².